The van der Waals surface area contributed by atoms with E-state index in [2.05, 4.69) is 4.98 Å². The number of aliphatic hydroxyl groups excluding tert-OH is 1. The number of pyridine rings is 1. The van der Waals surface area contributed by atoms with Gasteiger partial charge in [0.2, 0.25) is 0 Å². The summed E-state index contributed by atoms with van der Waals surface area (Å²) in [5, 5.41) is 10.1. The summed E-state index contributed by atoms with van der Waals surface area (Å²) in [6.07, 6.45) is 2.59. The van der Waals surface area contributed by atoms with Crippen molar-refractivity contribution in [3.05, 3.63) is 66.0 Å². The van der Waals surface area contributed by atoms with Gasteiger partial charge in [-0.2, -0.15) is 0 Å². The van der Waals surface area contributed by atoms with Crippen LogP contribution in [0.1, 0.15) is 23.3 Å². The van der Waals surface area contributed by atoms with E-state index in [9.17, 15) is 5.11 Å². The van der Waals surface area contributed by atoms with Crippen LogP contribution in [-0.4, -0.2) is 10.1 Å². The van der Waals surface area contributed by atoms with Gasteiger partial charge in [-0.3, -0.25) is 4.98 Å². The summed E-state index contributed by atoms with van der Waals surface area (Å²) in [7, 11) is 0. The van der Waals surface area contributed by atoms with Crippen molar-refractivity contribution in [2.75, 3.05) is 0 Å². The Labute approximate surface area is 94.6 Å². The molecule has 2 unspecified atom stereocenters. The van der Waals surface area contributed by atoms with Crippen LogP contribution in [0.15, 0.2) is 54.9 Å². The maximum absolute atomic E-state index is 10.1. The summed E-state index contributed by atoms with van der Waals surface area (Å²) in [4.78, 5) is 3.91. The smallest absolute Gasteiger partial charge is 0.0983 e. The zero-order valence-corrected chi connectivity index (χ0v) is 8.82. The summed E-state index contributed by atoms with van der Waals surface area (Å²) in [6, 6.07) is 12.7. The molecule has 0 fully saturated rings. The van der Waals surface area contributed by atoms with Crippen molar-refractivity contribution in [3.8, 4) is 0 Å². The molecule has 0 aliphatic carbocycles. The van der Waals surface area contributed by atoms with Crippen LogP contribution in [0.2, 0.25) is 0 Å². The molecule has 0 amide bonds. The lowest BCUT2D eigenvalue weighted by Gasteiger charge is -2.19. The Balaban J connectivity index is 2.20. The number of rotatable bonds is 3. The van der Waals surface area contributed by atoms with Crippen LogP contribution < -0.4 is 5.73 Å². The van der Waals surface area contributed by atoms with Gasteiger partial charge in [0.05, 0.1) is 12.1 Å². The van der Waals surface area contributed by atoms with E-state index in [-0.39, 0.29) is 0 Å². The van der Waals surface area contributed by atoms with E-state index in [1.54, 1.807) is 24.5 Å². The van der Waals surface area contributed by atoms with E-state index >= 15 is 0 Å². The summed E-state index contributed by atoms with van der Waals surface area (Å²) < 4.78 is 0. The lowest BCUT2D eigenvalue weighted by Crippen LogP contribution is -2.19. The van der Waals surface area contributed by atoms with E-state index in [1.807, 2.05) is 30.3 Å². The van der Waals surface area contributed by atoms with Crippen molar-refractivity contribution in [2.24, 2.45) is 5.73 Å². The Kier molecular flexibility index (Phi) is 3.29. The quantitative estimate of drug-likeness (QED) is 0.819. The van der Waals surface area contributed by atoms with Gasteiger partial charge < -0.3 is 10.8 Å². The number of hydrogen-bond donors (Lipinski definition) is 2. The fourth-order valence-corrected chi connectivity index (χ4v) is 1.63. The summed E-state index contributed by atoms with van der Waals surface area (Å²) in [5.74, 6) is 0. The lowest BCUT2D eigenvalue weighted by atomic mass is 9.97. The van der Waals surface area contributed by atoms with Gasteiger partial charge in [0.25, 0.3) is 0 Å². The number of hydrogen-bond acceptors (Lipinski definition) is 3. The highest BCUT2D eigenvalue weighted by Gasteiger charge is 2.17. The van der Waals surface area contributed by atoms with Gasteiger partial charge in [-0.05, 0) is 23.3 Å². The minimum absolute atomic E-state index is 0.413. The molecule has 1 heterocycles. The molecule has 0 bridgehead atoms. The third kappa shape index (κ3) is 2.27. The zero-order chi connectivity index (χ0) is 11.4. The van der Waals surface area contributed by atoms with E-state index in [1.165, 1.54) is 0 Å². The summed E-state index contributed by atoms with van der Waals surface area (Å²) in [5.41, 5.74) is 7.71. The maximum Gasteiger partial charge on any atom is 0.0983 e. The van der Waals surface area contributed by atoms with Crippen molar-refractivity contribution >= 4 is 0 Å². The molecule has 3 nitrogen and oxygen atoms in total. The Morgan fingerprint density at radius 1 is 0.938 bits per heavy atom. The first-order valence-electron chi connectivity index (χ1n) is 5.17. The predicted octanol–water partition coefficient (Wildman–Crippen LogP) is 1.81. The topological polar surface area (TPSA) is 59.1 Å². The van der Waals surface area contributed by atoms with Crippen molar-refractivity contribution < 1.29 is 5.11 Å². The van der Waals surface area contributed by atoms with Crippen LogP contribution in [0.25, 0.3) is 0 Å². The van der Waals surface area contributed by atoms with Crippen molar-refractivity contribution in [3.63, 3.8) is 0 Å². The molecule has 0 radical (unpaired) electrons. The average Bonchev–Trinajstić information content (AvgIpc) is 2.39. The Bertz CT molecular complexity index is 387. The van der Waals surface area contributed by atoms with Gasteiger partial charge in [-0.15, -0.1) is 0 Å². The molecule has 3 N–H and O–H groups in total. The highest BCUT2D eigenvalue weighted by atomic mass is 16.3. The molecule has 1 aromatic heterocycles. The van der Waals surface area contributed by atoms with Crippen LogP contribution in [-0.2, 0) is 0 Å². The second kappa shape index (κ2) is 4.88. The fourth-order valence-electron chi connectivity index (χ4n) is 1.63. The second-order valence-corrected chi connectivity index (χ2v) is 3.66. The number of aromatic nitrogens is 1. The third-order valence-corrected chi connectivity index (χ3v) is 2.57. The molecule has 0 aliphatic rings. The minimum atomic E-state index is -0.703. The van der Waals surface area contributed by atoms with Gasteiger partial charge in [0, 0.05) is 12.4 Å². The van der Waals surface area contributed by atoms with E-state index in [0.29, 0.717) is 0 Å². The maximum atomic E-state index is 10.1. The van der Waals surface area contributed by atoms with Crippen molar-refractivity contribution in [1.82, 2.24) is 4.98 Å². The second-order valence-electron chi connectivity index (χ2n) is 3.66. The first kappa shape index (κ1) is 10.8. The first-order chi connectivity index (χ1) is 7.79. The molecule has 2 atom stereocenters. The highest BCUT2D eigenvalue weighted by molar-refractivity contribution is 5.24. The molecule has 0 saturated heterocycles. The molecule has 2 aromatic rings. The molecule has 0 aliphatic heterocycles. The average molecular weight is 214 g/mol. The third-order valence-electron chi connectivity index (χ3n) is 2.57. The van der Waals surface area contributed by atoms with Crippen LogP contribution in [0.4, 0.5) is 0 Å². The largest absolute Gasteiger partial charge is 0.386 e. The number of nitrogens with two attached hydrogens (primary N) is 1. The first-order valence-corrected chi connectivity index (χ1v) is 5.17. The Morgan fingerprint density at radius 3 is 2.19 bits per heavy atom. The Hall–Kier alpha value is -1.71. The highest BCUT2D eigenvalue weighted by Crippen LogP contribution is 2.25. The number of aliphatic hydroxyl groups is 1. The van der Waals surface area contributed by atoms with Crippen molar-refractivity contribution in [2.45, 2.75) is 12.1 Å². The number of nitrogens with zero attached hydrogens (tertiary/aromatic N) is 1. The van der Waals surface area contributed by atoms with Gasteiger partial charge >= 0.3 is 0 Å². The zero-order valence-electron chi connectivity index (χ0n) is 8.82. The molecule has 2 rings (SSSR count). The molecular weight excluding hydrogens is 200 g/mol. The van der Waals surface area contributed by atoms with Crippen LogP contribution in [0.3, 0.4) is 0 Å². The minimum Gasteiger partial charge on any atom is -0.386 e. The van der Waals surface area contributed by atoms with Crippen molar-refractivity contribution in [1.29, 1.82) is 0 Å². The predicted molar refractivity (Wildman–Crippen MR) is 62.6 cm³/mol. The molecule has 82 valence electrons. The van der Waals surface area contributed by atoms with Gasteiger partial charge in [0.15, 0.2) is 0 Å². The van der Waals surface area contributed by atoms with Crippen LogP contribution in [0, 0.1) is 0 Å². The SMILES string of the molecule is NC(c1ccccc1)C(O)c1ccncc1. The molecule has 16 heavy (non-hydrogen) atoms. The van der Waals surface area contributed by atoms with Gasteiger partial charge in [-0.1, -0.05) is 30.3 Å². The monoisotopic (exact) mass is 214 g/mol. The molecule has 1 aromatic carbocycles. The Morgan fingerprint density at radius 2 is 1.56 bits per heavy atom. The lowest BCUT2D eigenvalue weighted by molar-refractivity contribution is 0.147. The summed E-state index contributed by atoms with van der Waals surface area (Å²) >= 11 is 0. The molecule has 0 spiro atoms. The molecule has 0 saturated carbocycles. The van der Waals surface area contributed by atoms with E-state index in [0.717, 1.165) is 11.1 Å². The standard InChI is InChI=1S/C13H14N2O/c14-12(10-4-2-1-3-5-10)13(16)11-6-8-15-9-7-11/h1-9,12-13,16H,14H2. The number of benzene rings is 1. The summed E-state index contributed by atoms with van der Waals surface area (Å²) in [6.45, 7) is 0. The normalized spacial score (nSPS) is 14.4. The van der Waals surface area contributed by atoms with Crippen LogP contribution in [0.5, 0.6) is 0 Å². The van der Waals surface area contributed by atoms with E-state index in [4.69, 9.17) is 5.73 Å². The molecular formula is C13H14N2O. The molecule has 3 heteroatoms. The van der Waals surface area contributed by atoms with Gasteiger partial charge in [0.1, 0.15) is 0 Å². The van der Waals surface area contributed by atoms with Gasteiger partial charge in [-0.25, -0.2) is 0 Å². The fraction of sp³-hybridized carbons (Fsp3) is 0.154. The van der Waals surface area contributed by atoms with E-state index < -0.39 is 12.1 Å². The van der Waals surface area contributed by atoms with Crippen LogP contribution >= 0.6 is 0 Å².